The Morgan fingerprint density at radius 3 is 0.857 bits per heavy atom. The van der Waals surface area contributed by atoms with Crippen LogP contribution in [0, 0.1) is 17.8 Å². The molecule has 0 saturated heterocycles. The standard InChI is InChI=1S/C5H5N.3C5H12/c1-2-4-6-5-3-1;3*1-4-5(2)3/h1-5H;3*5H,4H2,1-3H3. The van der Waals surface area contributed by atoms with Gasteiger partial charge in [0.25, 0.3) is 0 Å². The van der Waals surface area contributed by atoms with Gasteiger partial charge < -0.3 is 0 Å². The van der Waals surface area contributed by atoms with Gasteiger partial charge in [-0.25, -0.2) is 0 Å². The highest BCUT2D eigenvalue weighted by molar-refractivity contribution is 4.88. The fraction of sp³-hybridized carbons (Fsp3) is 0.750. The van der Waals surface area contributed by atoms with E-state index in [1.54, 1.807) is 12.4 Å². The smallest absolute Gasteiger partial charge is 0.0267 e. The van der Waals surface area contributed by atoms with Gasteiger partial charge in [0, 0.05) is 12.4 Å². The van der Waals surface area contributed by atoms with Crippen LogP contribution >= 0.6 is 0 Å². The molecule has 0 bridgehead atoms. The van der Waals surface area contributed by atoms with Crippen molar-refractivity contribution in [2.24, 2.45) is 17.8 Å². The molecule has 0 N–H and O–H groups in total. The third kappa shape index (κ3) is 45.3. The molecule has 1 heteroatoms. The molecule has 1 rings (SSSR count). The quantitative estimate of drug-likeness (QED) is 0.572. The van der Waals surface area contributed by atoms with Gasteiger partial charge >= 0.3 is 0 Å². The summed E-state index contributed by atoms with van der Waals surface area (Å²) in [4.78, 5) is 3.78. The highest BCUT2D eigenvalue weighted by atomic mass is 14.6. The lowest BCUT2D eigenvalue weighted by Gasteiger charge is -1.90. The van der Waals surface area contributed by atoms with Gasteiger partial charge in [-0.15, -0.1) is 0 Å². The summed E-state index contributed by atoms with van der Waals surface area (Å²) in [7, 11) is 0. The van der Waals surface area contributed by atoms with Crippen LogP contribution in [0.5, 0.6) is 0 Å². The summed E-state index contributed by atoms with van der Waals surface area (Å²) >= 11 is 0. The van der Waals surface area contributed by atoms with E-state index in [-0.39, 0.29) is 0 Å². The zero-order valence-corrected chi connectivity index (χ0v) is 16.2. The molecule has 0 amide bonds. The van der Waals surface area contributed by atoms with Crippen LogP contribution in [0.4, 0.5) is 0 Å². The molecule has 0 spiro atoms. The van der Waals surface area contributed by atoms with Crippen LogP contribution in [0.15, 0.2) is 30.6 Å². The second-order valence-electron chi connectivity index (χ2n) is 6.43. The van der Waals surface area contributed by atoms with Gasteiger partial charge in [-0.2, -0.15) is 0 Å². The topological polar surface area (TPSA) is 12.9 Å². The molecule has 0 aromatic carbocycles. The molecule has 0 radical (unpaired) electrons. The Kier molecular flexibility index (Phi) is 25.7. The summed E-state index contributed by atoms with van der Waals surface area (Å²) in [6, 6.07) is 5.72. The first-order valence-corrected chi connectivity index (χ1v) is 8.66. The largest absolute Gasteiger partial charge is 0.265 e. The van der Waals surface area contributed by atoms with Crippen LogP contribution in [0.25, 0.3) is 0 Å². The van der Waals surface area contributed by atoms with Crippen molar-refractivity contribution in [1.82, 2.24) is 4.98 Å². The van der Waals surface area contributed by atoms with Crippen molar-refractivity contribution in [3.63, 3.8) is 0 Å². The van der Waals surface area contributed by atoms with Crippen LogP contribution in [0.3, 0.4) is 0 Å². The third-order valence-electron chi connectivity index (χ3n) is 3.02. The number of aromatic nitrogens is 1. The zero-order chi connectivity index (χ0) is 17.1. The molecule has 0 aliphatic heterocycles. The molecule has 0 unspecified atom stereocenters. The SMILES string of the molecule is CCC(C)C.CCC(C)C.CCC(C)C.c1ccncc1. The summed E-state index contributed by atoms with van der Waals surface area (Å²) in [5, 5.41) is 0. The van der Waals surface area contributed by atoms with Crippen molar-refractivity contribution >= 4 is 0 Å². The molecule has 0 saturated carbocycles. The van der Waals surface area contributed by atoms with E-state index in [1.807, 2.05) is 18.2 Å². The van der Waals surface area contributed by atoms with E-state index in [1.165, 1.54) is 19.3 Å². The monoisotopic (exact) mass is 295 g/mol. The second-order valence-corrected chi connectivity index (χ2v) is 6.43. The first-order chi connectivity index (χ1) is 9.81. The van der Waals surface area contributed by atoms with Crippen LogP contribution in [0.1, 0.15) is 81.6 Å². The van der Waals surface area contributed by atoms with E-state index < -0.39 is 0 Å². The minimum absolute atomic E-state index is 0.884. The van der Waals surface area contributed by atoms with Crippen LogP contribution < -0.4 is 0 Å². The number of nitrogens with zero attached hydrogens (tertiary/aromatic N) is 1. The van der Waals surface area contributed by atoms with Crippen molar-refractivity contribution in [1.29, 1.82) is 0 Å². The van der Waals surface area contributed by atoms with Crippen LogP contribution in [0.2, 0.25) is 0 Å². The molecular weight excluding hydrogens is 254 g/mol. The maximum absolute atomic E-state index is 3.78. The lowest BCUT2D eigenvalue weighted by molar-refractivity contribution is 0.626. The number of hydrogen-bond acceptors (Lipinski definition) is 1. The van der Waals surface area contributed by atoms with Crippen LogP contribution in [-0.4, -0.2) is 4.98 Å². The molecule has 1 aromatic heterocycles. The minimum atomic E-state index is 0.884. The normalized spacial score (nSPS) is 9.14. The molecule has 21 heavy (non-hydrogen) atoms. The number of hydrogen-bond donors (Lipinski definition) is 0. The number of rotatable bonds is 3. The van der Waals surface area contributed by atoms with Gasteiger partial charge in [-0.1, -0.05) is 87.6 Å². The fourth-order valence-electron chi connectivity index (χ4n) is 0.313. The van der Waals surface area contributed by atoms with E-state index >= 15 is 0 Å². The maximum Gasteiger partial charge on any atom is 0.0267 e. The molecular formula is C20H41N. The predicted molar refractivity (Wildman–Crippen MR) is 99.6 cm³/mol. The Labute approximate surface area is 135 Å². The van der Waals surface area contributed by atoms with Gasteiger partial charge in [-0.3, -0.25) is 4.98 Å². The van der Waals surface area contributed by atoms with Gasteiger partial charge in [0.2, 0.25) is 0 Å². The molecule has 0 aliphatic rings. The van der Waals surface area contributed by atoms with Crippen molar-refractivity contribution < 1.29 is 0 Å². The summed E-state index contributed by atoms with van der Waals surface area (Å²) in [6.07, 6.45) is 7.42. The fourth-order valence-corrected chi connectivity index (χ4v) is 0.313. The zero-order valence-electron chi connectivity index (χ0n) is 16.2. The van der Waals surface area contributed by atoms with Crippen molar-refractivity contribution in [2.45, 2.75) is 81.6 Å². The van der Waals surface area contributed by atoms with E-state index in [9.17, 15) is 0 Å². The highest BCUT2D eigenvalue weighted by Crippen LogP contribution is 1.94. The Bertz CT molecular complexity index is 194. The lowest BCUT2D eigenvalue weighted by atomic mass is 10.2. The van der Waals surface area contributed by atoms with Crippen LogP contribution in [-0.2, 0) is 0 Å². The molecule has 1 aromatic rings. The average Bonchev–Trinajstić information content (AvgIpc) is 2.50. The molecule has 0 fully saturated rings. The molecule has 1 heterocycles. The van der Waals surface area contributed by atoms with Gasteiger partial charge in [0.15, 0.2) is 0 Å². The lowest BCUT2D eigenvalue weighted by Crippen LogP contribution is -1.77. The van der Waals surface area contributed by atoms with Crippen molar-refractivity contribution in [2.75, 3.05) is 0 Å². The maximum atomic E-state index is 3.78. The molecule has 1 nitrogen and oxygen atoms in total. The average molecular weight is 296 g/mol. The van der Waals surface area contributed by atoms with Crippen molar-refractivity contribution in [3.05, 3.63) is 30.6 Å². The Balaban J connectivity index is -0.000000207. The van der Waals surface area contributed by atoms with E-state index in [0.29, 0.717) is 0 Å². The number of pyridine rings is 1. The van der Waals surface area contributed by atoms with Gasteiger partial charge in [0.05, 0.1) is 0 Å². The Hall–Kier alpha value is -0.850. The Morgan fingerprint density at radius 2 is 0.810 bits per heavy atom. The van der Waals surface area contributed by atoms with Crippen molar-refractivity contribution in [3.8, 4) is 0 Å². The molecule has 0 atom stereocenters. The summed E-state index contributed by atoms with van der Waals surface area (Å²) in [6.45, 7) is 19.9. The highest BCUT2D eigenvalue weighted by Gasteiger charge is 1.80. The Morgan fingerprint density at radius 1 is 0.571 bits per heavy atom. The molecule has 0 aliphatic carbocycles. The second kappa shape index (κ2) is 21.4. The van der Waals surface area contributed by atoms with Gasteiger partial charge in [0.1, 0.15) is 0 Å². The first kappa shape index (κ1) is 25.1. The van der Waals surface area contributed by atoms with Gasteiger partial charge in [-0.05, 0) is 29.9 Å². The molecule has 126 valence electrons. The predicted octanol–water partition coefficient (Wildman–Crippen LogP) is 7.24. The van der Waals surface area contributed by atoms with E-state index in [0.717, 1.165) is 17.8 Å². The third-order valence-corrected chi connectivity index (χ3v) is 3.02. The summed E-state index contributed by atoms with van der Waals surface area (Å²) in [5.74, 6) is 2.65. The first-order valence-electron chi connectivity index (χ1n) is 8.66. The van der Waals surface area contributed by atoms with E-state index in [2.05, 4.69) is 67.3 Å². The van der Waals surface area contributed by atoms with E-state index in [4.69, 9.17) is 0 Å². The summed E-state index contributed by atoms with van der Waals surface area (Å²) in [5.41, 5.74) is 0. The summed E-state index contributed by atoms with van der Waals surface area (Å²) < 4.78 is 0. The minimum Gasteiger partial charge on any atom is -0.265 e.